The number of anilines is 1. The normalized spacial score (nSPS) is 22.6. The standard InChI is InChI=1S/C18H22F3N3O3S/c1-28-11-12-5-7-23(10-12)17(26)22-15-6-8-24(16(15)25)13-3-2-4-14(9-13)27-18(19,20)21/h2-4,9,12,15H,5-8,10-11H2,1H3,(H,22,26). The Labute approximate surface area is 165 Å². The van der Waals surface area contributed by atoms with Crippen molar-refractivity contribution >= 4 is 29.4 Å². The molecule has 1 aromatic carbocycles. The fourth-order valence-corrected chi connectivity index (χ4v) is 4.29. The third-order valence-electron chi connectivity index (χ3n) is 4.84. The van der Waals surface area contributed by atoms with Crippen molar-refractivity contribution in [2.45, 2.75) is 25.2 Å². The van der Waals surface area contributed by atoms with E-state index in [-0.39, 0.29) is 17.7 Å². The molecule has 2 fully saturated rings. The monoisotopic (exact) mass is 417 g/mol. The number of likely N-dealkylation sites (tertiary alicyclic amines) is 1. The molecule has 1 N–H and O–H groups in total. The van der Waals surface area contributed by atoms with Gasteiger partial charge in [-0.05, 0) is 42.9 Å². The summed E-state index contributed by atoms with van der Waals surface area (Å²) in [6.45, 7) is 1.65. The highest BCUT2D eigenvalue weighted by Gasteiger charge is 2.36. The number of carbonyl (C=O) groups excluding carboxylic acids is 2. The summed E-state index contributed by atoms with van der Waals surface area (Å²) in [5.41, 5.74) is 0.310. The Balaban J connectivity index is 1.59. The van der Waals surface area contributed by atoms with Gasteiger partial charge in [-0.1, -0.05) is 6.07 Å². The Morgan fingerprint density at radius 1 is 1.32 bits per heavy atom. The molecule has 2 aliphatic heterocycles. The summed E-state index contributed by atoms with van der Waals surface area (Å²) in [6.07, 6.45) is -1.42. The molecule has 154 valence electrons. The first-order chi connectivity index (χ1) is 13.3. The number of rotatable bonds is 5. The third kappa shape index (κ3) is 5.03. The van der Waals surface area contributed by atoms with Crippen LogP contribution in [0.2, 0.25) is 0 Å². The quantitative estimate of drug-likeness (QED) is 0.800. The lowest BCUT2D eigenvalue weighted by Gasteiger charge is -2.21. The summed E-state index contributed by atoms with van der Waals surface area (Å²) in [7, 11) is 0. The SMILES string of the molecule is CSCC1CCN(C(=O)NC2CCN(c3cccc(OC(F)(F)F)c3)C2=O)C1. The number of ether oxygens (including phenoxy) is 1. The van der Waals surface area contributed by atoms with Crippen LogP contribution < -0.4 is 15.0 Å². The van der Waals surface area contributed by atoms with Gasteiger partial charge < -0.3 is 19.9 Å². The summed E-state index contributed by atoms with van der Waals surface area (Å²) in [4.78, 5) is 28.2. The summed E-state index contributed by atoms with van der Waals surface area (Å²) in [6, 6.07) is 4.33. The van der Waals surface area contributed by atoms with E-state index in [4.69, 9.17) is 0 Å². The average molecular weight is 417 g/mol. The van der Waals surface area contributed by atoms with Gasteiger partial charge in [0.05, 0.1) is 0 Å². The molecule has 1 aromatic rings. The number of nitrogens with zero attached hydrogens (tertiary/aromatic N) is 2. The minimum atomic E-state index is -4.80. The molecule has 2 heterocycles. The predicted octanol–water partition coefficient (Wildman–Crippen LogP) is 3.09. The molecular formula is C18H22F3N3O3S. The molecule has 2 aliphatic rings. The Kier molecular flexibility index (Phi) is 6.26. The van der Waals surface area contributed by atoms with E-state index in [2.05, 4.69) is 10.1 Å². The molecule has 2 atom stereocenters. The van der Waals surface area contributed by atoms with Gasteiger partial charge in [-0.2, -0.15) is 11.8 Å². The zero-order valence-electron chi connectivity index (χ0n) is 15.4. The van der Waals surface area contributed by atoms with Crippen molar-refractivity contribution in [3.63, 3.8) is 0 Å². The molecule has 6 nitrogen and oxygen atoms in total. The van der Waals surface area contributed by atoms with Gasteiger partial charge >= 0.3 is 12.4 Å². The van der Waals surface area contributed by atoms with Gasteiger partial charge in [-0.3, -0.25) is 4.79 Å². The van der Waals surface area contributed by atoms with Gasteiger partial charge in [0.25, 0.3) is 0 Å². The van der Waals surface area contributed by atoms with Crippen molar-refractivity contribution in [3.8, 4) is 5.75 Å². The van der Waals surface area contributed by atoms with E-state index in [9.17, 15) is 22.8 Å². The molecule has 28 heavy (non-hydrogen) atoms. The highest BCUT2D eigenvalue weighted by molar-refractivity contribution is 7.98. The second-order valence-electron chi connectivity index (χ2n) is 6.88. The van der Waals surface area contributed by atoms with Crippen LogP contribution in [0.15, 0.2) is 24.3 Å². The lowest BCUT2D eigenvalue weighted by molar-refractivity contribution is -0.274. The molecule has 0 bridgehead atoms. The molecule has 10 heteroatoms. The fraction of sp³-hybridized carbons (Fsp3) is 0.556. The summed E-state index contributed by atoms with van der Waals surface area (Å²) < 4.78 is 41.1. The Bertz CT molecular complexity index is 732. The van der Waals surface area contributed by atoms with Crippen molar-refractivity contribution in [1.82, 2.24) is 10.2 Å². The zero-order valence-corrected chi connectivity index (χ0v) is 16.2. The van der Waals surface area contributed by atoms with Crippen LogP contribution in [0.3, 0.4) is 0 Å². The van der Waals surface area contributed by atoms with Crippen LogP contribution in [0, 0.1) is 5.92 Å². The Morgan fingerprint density at radius 2 is 2.11 bits per heavy atom. The molecule has 2 unspecified atom stereocenters. The van der Waals surface area contributed by atoms with E-state index in [0.717, 1.165) is 12.2 Å². The number of urea groups is 1. The maximum absolute atomic E-state index is 12.6. The number of carbonyl (C=O) groups is 2. The number of alkyl halides is 3. The number of nitrogens with one attached hydrogen (secondary N) is 1. The Hall–Kier alpha value is -2.10. The number of benzene rings is 1. The van der Waals surface area contributed by atoms with Gasteiger partial charge in [-0.25, -0.2) is 4.79 Å². The van der Waals surface area contributed by atoms with Gasteiger partial charge in [0.1, 0.15) is 11.8 Å². The predicted molar refractivity (Wildman–Crippen MR) is 100 cm³/mol. The number of hydrogen-bond acceptors (Lipinski definition) is 4. The van der Waals surface area contributed by atoms with Crippen LogP contribution in [-0.4, -0.2) is 60.9 Å². The van der Waals surface area contributed by atoms with Crippen LogP contribution in [-0.2, 0) is 4.79 Å². The van der Waals surface area contributed by atoms with E-state index in [1.165, 1.54) is 23.1 Å². The maximum Gasteiger partial charge on any atom is 0.573 e. The molecule has 0 aromatic heterocycles. The average Bonchev–Trinajstić information content (AvgIpc) is 3.22. The van der Waals surface area contributed by atoms with E-state index in [1.54, 1.807) is 22.7 Å². The van der Waals surface area contributed by atoms with E-state index < -0.39 is 12.4 Å². The van der Waals surface area contributed by atoms with Crippen molar-refractivity contribution in [3.05, 3.63) is 24.3 Å². The Morgan fingerprint density at radius 3 is 2.82 bits per heavy atom. The maximum atomic E-state index is 12.6. The number of halogens is 3. The first-order valence-corrected chi connectivity index (χ1v) is 10.4. The van der Waals surface area contributed by atoms with Crippen LogP contribution in [0.4, 0.5) is 23.7 Å². The van der Waals surface area contributed by atoms with Crippen LogP contribution in [0.5, 0.6) is 5.75 Å². The molecule has 0 saturated carbocycles. The minimum absolute atomic E-state index is 0.266. The summed E-state index contributed by atoms with van der Waals surface area (Å²) in [5, 5.41) is 2.76. The van der Waals surface area contributed by atoms with Crippen molar-refractivity contribution in [2.24, 2.45) is 5.92 Å². The molecule has 2 saturated heterocycles. The number of thioether (sulfide) groups is 1. The number of hydrogen-bond donors (Lipinski definition) is 1. The van der Waals surface area contributed by atoms with Gasteiger partial charge in [0.2, 0.25) is 5.91 Å². The highest BCUT2D eigenvalue weighted by Crippen LogP contribution is 2.29. The van der Waals surface area contributed by atoms with Gasteiger partial charge in [-0.15, -0.1) is 13.2 Å². The summed E-state index contributed by atoms with van der Waals surface area (Å²) in [5.74, 6) is 0.739. The second kappa shape index (κ2) is 8.50. The van der Waals surface area contributed by atoms with Crippen molar-refractivity contribution < 1.29 is 27.5 Å². The third-order valence-corrected chi connectivity index (χ3v) is 5.65. The lowest BCUT2D eigenvalue weighted by Crippen LogP contribution is -2.47. The summed E-state index contributed by atoms with van der Waals surface area (Å²) >= 11 is 1.75. The minimum Gasteiger partial charge on any atom is -0.406 e. The number of amides is 3. The molecule has 0 radical (unpaired) electrons. The lowest BCUT2D eigenvalue weighted by atomic mass is 10.2. The van der Waals surface area contributed by atoms with Crippen molar-refractivity contribution in [1.29, 1.82) is 0 Å². The van der Waals surface area contributed by atoms with E-state index >= 15 is 0 Å². The van der Waals surface area contributed by atoms with Crippen LogP contribution in [0.1, 0.15) is 12.8 Å². The van der Waals surface area contributed by atoms with E-state index in [0.29, 0.717) is 37.7 Å². The highest BCUT2D eigenvalue weighted by atomic mass is 32.2. The molecule has 3 rings (SSSR count). The van der Waals surface area contributed by atoms with Crippen LogP contribution >= 0.6 is 11.8 Å². The second-order valence-corrected chi connectivity index (χ2v) is 7.79. The first kappa shape index (κ1) is 20.6. The smallest absolute Gasteiger partial charge is 0.406 e. The van der Waals surface area contributed by atoms with Gasteiger partial charge in [0.15, 0.2) is 0 Å². The van der Waals surface area contributed by atoms with Crippen LogP contribution in [0.25, 0.3) is 0 Å². The molecule has 3 amide bonds. The largest absolute Gasteiger partial charge is 0.573 e. The topological polar surface area (TPSA) is 61.9 Å². The van der Waals surface area contributed by atoms with Crippen molar-refractivity contribution in [2.75, 3.05) is 36.5 Å². The fourth-order valence-electron chi connectivity index (χ4n) is 3.55. The molecule has 0 spiro atoms. The molecular weight excluding hydrogens is 395 g/mol. The van der Waals surface area contributed by atoms with Gasteiger partial charge in [0, 0.05) is 31.4 Å². The first-order valence-electron chi connectivity index (χ1n) is 8.98. The van der Waals surface area contributed by atoms with E-state index in [1.807, 2.05) is 6.26 Å². The zero-order chi connectivity index (χ0) is 20.3. The molecule has 0 aliphatic carbocycles.